The van der Waals surface area contributed by atoms with Crippen molar-refractivity contribution in [3.05, 3.63) is 83.9 Å². The molecule has 0 atom stereocenters. The Labute approximate surface area is 147 Å². The van der Waals surface area contributed by atoms with Gasteiger partial charge >= 0.3 is 0 Å². The molecule has 0 aliphatic carbocycles. The molecule has 3 aromatic carbocycles. The Bertz CT molecular complexity index is 839. The summed E-state index contributed by atoms with van der Waals surface area (Å²) in [6.45, 7) is 2.47. The average Bonchev–Trinajstić information content (AvgIpc) is 2.62. The third kappa shape index (κ3) is 3.47. The van der Waals surface area contributed by atoms with E-state index in [1.54, 1.807) is 12.1 Å². The van der Waals surface area contributed by atoms with Gasteiger partial charge in [-0.05, 0) is 35.7 Å². The molecule has 0 radical (unpaired) electrons. The lowest BCUT2D eigenvalue weighted by atomic mass is 9.99. The van der Waals surface area contributed by atoms with Gasteiger partial charge in [0, 0.05) is 11.6 Å². The van der Waals surface area contributed by atoms with Gasteiger partial charge in [0.05, 0.1) is 11.5 Å². The molecule has 120 valence electrons. The summed E-state index contributed by atoms with van der Waals surface area (Å²) in [5.41, 5.74) is 3.85. The van der Waals surface area contributed by atoms with Gasteiger partial charge in [-0.25, -0.2) is 0 Å². The van der Waals surface area contributed by atoms with Crippen molar-refractivity contribution >= 4 is 17.1 Å². The fourth-order valence-electron chi connectivity index (χ4n) is 2.56. The summed E-state index contributed by atoms with van der Waals surface area (Å²) in [5.74, 6) is 0.777. The molecule has 1 N–H and O–H groups in total. The van der Waals surface area contributed by atoms with E-state index in [0.717, 1.165) is 11.1 Å². The molecule has 24 heavy (non-hydrogen) atoms. The summed E-state index contributed by atoms with van der Waals surface area (Å²) in [4.78, 5) is 0.621. The highest BCUT2D eigenvalue weighted by Gasteiger charge is 2.11. The van der Waals surface area contributed by atoms with Crippen molar-refractivity contribution in [1.29, 1.82) is 0 Å². The highest BCUT2D eigenvalue weighted by Crippen LogP contribution is 2.27. The minimum Gasteiger partial charge on any atom is -0.507 e. The molecule has 3 aromatic rings. The summed E-state index contributed by atoms with van der Waals surface area (Å²) in [5, 5.41) is 10.2. The second-order valence-corrected chi connectivity index (χ2v) is 5.79. The van der Waals surface area contributed by atoms with Crippen molar-refractivity contribution in [1.82, 2.24) is 0 Å². The summed E-state index contributed by atoms with van der Waals surface area (Å²) in [6.07, 6.45) is 0. The number of hydrogen-bond donors (Lipinski definition) is 1. The predicted octanol–water partition coefficient (Wildman–Crippen LogP) is 5.22. The van der Waals surface area contributed by atoms with Crippen LogP contribution in [0.15, 0.2) is 72.8 Å². The van der Waals surface area contributed by atoms with Crippen molar-refractivity contribution in [3.63, 3.8) is 0 Å². The van der Waals surface area contributed by atoms with Crippen molar-refractivity contribution < 1.29 is 9.84 Å². The molecule has 3 rings (SSSR count). The summed E-state index contributed by atoms with van der Waals surface area (Å²) in [7, 11) is 0. The van der Waals surface area contributed by atoms with E-state index >= 15 is 0 Å². The number of benzene rings is 3. The van der Waals surface area contributed by atoms with Crippen LogP contribution in [0.2, 0.25) is 0 Å². The number of hydrogen-bond acceptors (Lipinski definition) is 3. The highest BCUT2D eigenvalue weighted by atomic mass is 32.1. The number of rotatable bonds is 5. The zero-order valence-electron chi connectivity index (χ0n) is 13.4. The van der Waals surface area contributed by atoms with Crippen LogP contribution in [-0.2, 0) is 0 Å². The molecular formula is C21H18O2S. The third-order valence-corrected chi connectivity index (χ3v) is 4.23. The molecule has 0 heterocycles. The first-order valence-corrected chi connectivity index (χ1v) is 8.26. The van der Waals surface area contributed by atoms with E-state index in [0.29, 0.717) is 22.8 Å². The molecule has 0 spiro atoms. The average molecular weight is 334 g/mol. The Kier molecular flexibility index (Phi) is 4.92. The molecule has 0 bridgehead atoms. The van der Waals surface area contributed by atoms with Crippen LogP contribution < -0.4 is 4.74 Å². The smallest absolute Gasteiger partial charge is 0.127 e. The highest BCUT2D eigenvalue weighted by molar-refractivity contribution is 7.81. The topological polar surface area (TPSA) is 29.5 Å². The van der Waals surface area contributed by atoms with E-state index in [1.807, 2.05) is 55.5 Å². The Morgan fingerprint density at radius 1 is 0.917 bits per heavy atom. The van der Waals surface area contributed by atoms with Crippen molar-refractivity contribution in [2.75, 3.05) is 6.61 Å². The van der Waals surface area contributed by atoms with Gasteiger partial charge in [-0.15, -0.1) is 0 Å². The van der Waals surface area contributed by atoms with Gasteiger partial charge in [-0.1, -0.05) is 66.8 Å². The minimum absolute atomic E-state index is 0.137. The van der Waals surface area contributed by atoms with Crippen LogP contribution in [-0.4, -0.2) is 16.6 Å². The van der Waals surface area contributed by atoms with Crippen molar-refractivity contribution in [3.8, 4) is 22.6 Å². The van der Waals surface area contributed by atoms with Gasteiger partial charge in [-0.2, -0.15) is 0 Å². The first-order valence-electron chi connectivity index (χ1n) is 7.85. The Morgan fingerprint density at radius 2 is 1.58 bits per heavy atom. The standard InChI is InChI=1S/C21H18O2S/c1-2-23-18-12-13-19(20(22)14-18)21(24)17-10-8-16(9-11-17)15-6-4-3-5-7-15/h3-14,22H,2H2,1H3. The lowest BCUT2D eigenvalue weighted by Crippen LogP contribution is -2.01. The minimum atomic E-state index is 0.137. The Morgan fingerprint density at radius 3 is 2.21 bits per heavy atom. The number of thiocarbonyl (C=S) groups is 1. The first kappa shape index (κ1) is 16.2. The van der Waals surface area contributed by atoms with E-state index < -0.39 is 0 Å². The molecule has 0 saturated carbocycles. The van der Waals surface area contributed by atoms with Crippen LogP contribution in [0.3, 0.4) is 0 Å². The SMILES string of the molecule is CCOc1ccc(C(=S)c2ccc(-c3ccccc3)cc2)c(O)c1. The van der Waals surface area contributed by atoms with Gasteiger partial charge in [0.15, 0.2) is 0 Å². The van der Waals surface area contributed by atoms with Crippen LogP contribution in [0, 0.1) is 0 Å². The Hall–Kier alpha value is -2.65. The van der Waals surface area contributed by atoms with Crippen LogP contribution in [0.25, 0.3) is 11.1 Å². The summed E-state index contributed by atoms with van der Waals surface area (Å²) in [6, 6.07) is 23.5. The maximum Gasteiger partial charge on any atom is 0.127 e. The van der Waals surface area contributed by atoms with E-state index in [9.17, 15) is 5.11 Å². The number of aromatic hydroxyl groups is 1. The molecule has 0 fully saturated rings. The maximum absolute atomic E-state index is 10.2. The lowest BCUT2D eigenvalue weighted by molar-refractivity contribution is 0.337. The predicted molar refractivity (Wildman–Crippen MR) is 102 cm³/mol. The molecule has 3 heteroatoms. The zero-order chi connectivity index (χ0) is 16.9. The second-order valence-electron chi connectivity index (χ2n) is 5.38. The summed E-state index contributed by atoms with van der Waals surface area (Å²) >= 11 is 5.54. The molecule has 2 nitrogen and oxygen atoms in total. The zero-order valence-corrected chi connectivity index (χ0v) is 14.2. The van der Waals surface area contributed by atoms with E-state index in [1.165, 1.54) is 5.56 Å². The largest absolute Gasteiger partial charge is 0.507 e. The molecule has 0 amide bonds. The van der Waals surface area contributed by atoms with Crippen molar-refractivity contribution in [2.45, 2.75) is 6.92 Å². The van der Waals surface area contributed by atoms with Crippen molar-refractivity contribution in [2.24, 2.45) is 0 Å². The van der Waals surface area contributed by atoms with E-state index in [-0.39, 0.29) is 5.75 Å². The van der Waals surface area contributed by atoms with Crippen LogP contribution >= 0.6 is 12.2 Å². The molecule has 0 aliphatic rings. The fourth-order valence-corrected chi connectivity index (χ4v) is 2.87. The fraction of sp³-hybridized carbons (Fsp3) is 0.0952. The van der Waals surface area contributed by atoms with Gasteiger partial charge in [0.25, 0.3) is 0 Å². The quantitative estimate of drug-likeness (QED) is 0.512. The van der Waals surface area contributed by atoms with E-state index in [4.69, 9.17) is 17.0 Å². The molecule has 0 aromatic heterocycles. The number of phenols is 1. The second kappa shape index (κ2) is 7.28. The molecule has 0 unspecified atom stereocenters. The monoisotopic (exact) mass is 334 g/mol. The Balaban J connectivity index is 1.85. The number of ether oxygens (including phenoxy) is 1. The normalized spacial score (nSPS) is 10.4. The van der Waals surface area contributed by atoms with E-state index in [2.05, 4.69) is 12.1 Å². The van der Waals surface area contributed by atoms with Gasteiger partial charge in [0.2, 0.25) is 0 Å². The lowest BCUT2D eigenvalue weighted by Gasteiger charge is -2.10. The van der Waals surface area contributed by atoms with Gasteiger partial charge in [-0.3, -0.25) is 0 Å². The van der Waals surface area contributed by atoms with Gasteiger partial charge < -0.3 is 9.84 Å². The first-order chi connectivity index (χ1) is 11.7. The maximum atomic E-state index is 10.2. The van der Waals surface area contributed by atoms with Gasteiger partial charge in [0.1, 0.15) is 11.5 Å². The van der Waals surface area contributed by atoms with Crippen LogP contribution in [0.4, 0.5) is 0 Å². The third-order valence-electron chi connectivity index (χ3n) is 3.78. The molecule has 0 aliphatic heterocycles. The van der Waals surface area contributed by atoms with Crippen LogP contribution in [0.5, 0.6) is 11.5 Å². The summed E-state index contributed by atoms with van der Waals surface area (Å²) < 4.78 is 5.39. The molecule has 0 saturated heterocycles. The van der Waals surface area contributed by atoms with Crippen LogP contribution in [0.1, 0.15) is 18.1 Å². The molecular weight excluding hydrogens is 316 g/mol. The number of phenolic OH excluding ortho intramolecular Hbond substituents is 1.